The molecule has 1 saturated carbocycles. The third-order valence-electron chi connectivity index (χ3n) is 4.22. The number of nitrogens with zero attached hydrogens (tertiary/aromatic N) is 2. The normalized spacial score (nSPS) is 19.2. The summed E-state index contributed by atoms with van der Waals surface area (Å²) in [6.07, 6.45) is 5.30. The Morgan fingerprint density at radius 2 is 2.21 bits per heavy atom. The lowest BCUT2D eigenvalue weighted by atomic mass is 9.90. The van der Waals surface area contributed by atoms with E-state index < -0.39 is 0 Å². The Balaban J connectivity index is 1.97. The van der Waals surface area contributed by atoms with E-state index in [9.17, 15) is 4.39 Å². The summed E-state index contributed by atoms with van der Waals surface area (Å²) < 4.78 is 12.9. The predicted molar refractivity (Wildman–Crippen MR) is 75.4 cm³/mol. The lowest BCUT2D eigenvalue weighted by molar-refractivity contribution is 0.131. The topological polar surface area (TPSA) is 28.2 Å². The van der Waals surface area contributed by atoms with Crippen molar-refractivity contribution in [1.82, 2.24) is 15.2 Å². The zero-order valence-electron chi connectivity index (χ0n) is 12.1. The molecule has 106 valence electrons. The summed E-state index contributed by atoms with van der Waals surface area (Å²) in [4.78, 5) is 6.65. The lowest BCUT2D eigenvalue weighted by Gasteiger charge is -2.37. The fourth-order valence-electron chi connectivity index (χ4n) is 2.83. The maximum Gasteiger partial charge on any atom is 0.141 e. The van der Waals surface area contributed by atoms with E-state index in [2.05, 4.69) is 29.2 Å². The Hall–Kier alpha value is -1.00. The van der Waals surface area contributed by atoms with Gasteiger partial charge in [-0.15, -0.1) is 0 Å². The molecule has 1 aromatic rings. The molecule has 19 heavy (non-hydrogen) atoms. The van der Waals surface area contributed by atoms with E-state index >= 15 is 0 Å². The number of pyridine rings is 1. The van der Waals surface area contributed by atoms with Crippen LogP contribution >= 0.6 is 0 Å². The predicted octanol–water partition coefficient (Wildman–Crippen LogP) is 2.60. The fourth-order valence-corrected chi connectivity index (χ4v) is 2.83. The second-order valence-electron chi connectivity index (χ2n) is 5.67. The number of hydrogen-bond donors (Lipinski definition) is 1. The summed E-state index contributed by atoms with van der Waals surface area (Å²) in [5, 5.41) is 3.31. The van der Waals surface area contributed by atoms with Crippen LogP contribution in [0.2, 0.25) is 0 Å². The van der Waals surface area contributed by atoms with Gasteiger partial charge in [0.1, 0.15) is 5.82 Å². The van der Waals surface area contributed by atoms with E-state index in [1.807, 2.05) is 7.05 Å². The highest BCUT2D eigenvalue weighted by atomic mass is 19.1. The SMILES string of the molecule is CNC(c1ccc(F)cn1)C(C)CN(C)C1CCC1. The molecule has 0 saturated heterocycles. The minimum Gasteiger partial charge on any atom is -0.311 e. The van der Waals surface area contributed by atoms with Gasteiger partial charge in [-0.25, -0.2) is 4.39 Å². The van der Waals surface area contributed by atoms with Crippen LogP contribution in [-0.2, 0) is 0 Å². The van der Waals surface area contributed by atoms with Crippen LogP contribution in [-0.4, -0.2) is 36.6 Å². The van der Waals surface area contributed by atoms with Crippen LogP contribution in [0.4, 0.5) is 4.39 Å². The van der Waals surface area contributed by atoms with Crippen LogP contribution in [0, 0.1) is 11.7 Å². The van der Waals surface area contributed by atoms with Crippen molar-refractivity contribution in [2.45, 2.75) is 38.3 Å². The molecule has 1 N–H and O–H groups in total. The van der Waals surface area contributed by atoms with Gasteiger partial charge >= 0.3 is 0 Å². The highest BCUT2D eigenvalue weighted by Gasteiger charge is 2.26. The molecule has 1 aromatic heterocycles. The molecule has 3 nitrogen and oxygen atoms in total. The molecule has 0 aliphatic heterocycles. The maximum atomic E-state index is 12.9. The van der Waals surface area contributed by atoms with Crippen molar-refractivity contribution >= 4 is 0 Å². The van der Waals surface area contributed by atoms with Gasteiger partial charge in [0.2, 0.25) is 0 Å². The first kappa shape index (κ1) is 14.4. The first-order valence-corrected chi connectivity index (χ1v) is 7.10. The molecule has 0 bridgehead atoms. The van der Waals surface area contributed by atoms with E-state index in [0.29, 0.717) is 5.92 Å². The molecule has 0 aromatic carbocycles. The minimum atomic E-state index is -0.280. The molecule has 2 unspecified atom stereocenters. The molecule has 1 heterocycles. The molecule has 1 fully saturated rings. The minimum absolute atomic E-state index is 0.170. The van der Waals surface area contributed by atoms with Crippen molar-refractivity contribution in [1.29, 1.82) is 0 Å². The van der Waals surface area contributed by atoms with Crippen molar-refractivity contribution in [2.75, 3.05) is 20.6 Å². The van der Waals surface area contributed by atoms with Gasteiger partial charge in [0.25, 0.3) is 0 Å². The van der Waals surface area contributed by atoms with Crippen LogP contribution in [0.1, 0.15) is 37.9 Å². The summed E-state index contributed by atoms with van der Waals surface area (Å²) in [5.41, 5.74) is 0.915. The molecular weight excluding hydrogens is 241 g/mol. The Morgan fingerprint density at radius 1 is 1.47 bits per heavy atom. The summed E-state index contributed by atoms with van der Waals surface area (Å²) in [5.74, 6) is 0.159. The van der Waals surface area contributed by atoms with Gasteiger partial charge in [0, 0.05) is 12.6 Å². The van der Waals surface area contributed by atoms with Gasteiger partial charge in [0.15, 0.2) is 0 Å². The van der Waals surface area contributed by atoms with Gasteiger partial charge < -0.3 is 10.2 Å². The van der Waals surface area contributed by atoms with Crippen LogP contribution in [0.3, 0.4) is 0 Å². The third-order valence-corrected chi connectivity index (χ3v) is 4.22. The standard InChI is InChI=1S/C15H24FN3/c1-11(10-19(3)13-5-4-6-13)15(17-2)14-8-7-12(16)9-18-14/h7-9,11,13,15,17H,4-6,10H2,1-3H3. The first-order chi connectivity index (χ1) is 9.11. The molecule has 1 aliphatic rings. The zero-order valence-corrected chi connectivity index (χ0v) is 12.1. The lowest BCUT2D eigenvalue weighted by Crippen LogP contribution is -2.42. The van der Waals surface area contributed by atoms with Crippen molar-refractivity contribution in [3.63, 3.8) is 0 Å². The van der Waals surface area contributed by atoms with Crippen molar-refractivity contribution in [3.8, 4) is 0 Å². The van der Waals surface area contributed by atoms with Crippen molar-refractivity contribution in [2.24, 2.45) is 5.92 Å². The largest absolute Gasteiger partial charge is 0.311 e. The highest BCUT2D eigenvalue weighted by Crippen LogP contribution is 2.27. The van der Waals surface area contributed by atoms with Crippen LogP contribution in [0.5, 0.6) is 0 Å². The van der Waals surface area contributed by atoms with Gasteiger partial charge in [-0.1, -0.05) is 13.3 Å². The smallest absolute Gasteiger partial charge is 0.141 e. The van der Waals surface area contributed by atoms with Crippen molar-refractivity contribution < 1.29 is 4.39 Å². The third kappa shape index (κ3) is 3.51. The second kappa shape index (κ2) is 6.44. The molecule has 0 amide bonds. The first-order valence-electron chi connectivity index (χ1n) is 7.10. The zero-order chi connectivity index (χ0) is 13.8. The monoisotopic (exact) mass is 265 g/mol. The molecule has 1 aliphatic carbocycles. The van der Waals surface area contributed by atoms with E-state index in [0.717, 1.165) is 18.3 Å². The Labute approximate surface area is 115 Å². The molecule has 4 heteroatoms. The van der Waals surface area contributed by atoms with E-state index in [1.54, 1.807) is 6.07 Å². The number of rotatable bonds is 6. The van der Waals surface area contributed by atoms with Crippen LogP contribution in [0.25, 0.3) is 0 Å². The van der Waals surface area contributed by atoms with Crippen LogP contribution in [0.15, 0.2) is 18.3 Å². The summed E-state index contributed by atoms with van der Waals surface area (Å²) in [7, 11) is 4.14. The molecule has 0 spiro atoms. The average molecular weight is 265 g/mol. The fraction of sp³-hybridized carbons (Fsp3) is 0.667. The number of hydrogen-bond acceptors (Lipinski definition) is 3. The Kier molecular flexibility index (Phi) is 4.88. The Bertz CT molecular complexity index is 389. The summed E-state index contributed by atoms with van der Waals surface area (Å²) >= 11 is 0. The van der Waals surface area contributed by atoms with Crippen LogP contribution < -0.4 is 5.32 Å². The van der Waals surface area contributed by atoms with Gasteiger partial charge in [0.05, 0.1) is 17.9 Å². The van der Waals surface area contributed by atoms with E-state index in [4.69, 9.17) is 0 Å². The van der Waals surface area contributed by atoms with E-state index in [-0.39, 0.29) is 11.9 Å². The van der Waals surface area contributed by atoms with Crippen molar-refractivity contribution in [3.05, 3.63) is 29.8 Å². The summed E-state index contributed by atoms with van der Waals surface area (Å²) in [6, 6.07) is 4.18. The second-order valence-corrected chi connectivity index (χ2v) is 5.67. The van der Waals surface area contributed by atoms with Gasteiger partial charge in [-0.2, -0.15) is 0 Å². The molecule has 2 atom stereocenters. The number of aromatic nitrogens is 1. The average Bonchev–Trinajstić information content (AvgIpc) is 2.30. The van der Waals surface area contributed by atoms with Gasteiger partial charge in [-0.3, -0.25) is 4.98 Å². The Morgan fingerprint density at radius 3 is 2.68 bits per heavy atom. The number of halogens is 1. The maximum absolute atomic E-state index is 12.9. The quantitative estimate of drug-likeness (QED) is 0.857. The highest BCUT2D eigenvalue weighted by molar-refractivity contribution is 5.11. The molecule has 2 rings (SSSR count). The number of nitrogens with one attached hydrogen (secondary N) is 1. The van der Waals surface area contributed by atoms with Gasteiger partial charge in [-0.05, 0) is 45.0 Å². The molecular formula is C15H24FN3. The molecule has 0 radical (unpaired) electrons. The van der Waals surface area contributed by atoms with E-state index in [1.165, 1.54) is 31.5 Å². The summed E-state index contributed by atoms with van der Waals surface area (Å²) in [6.45, 7) is 3.26.